The number of nitrogens with one attached hydrogen (secondary N) is 1. The van der Waals surface area contributed by atoms with Gasteiger partial charge in [-0.1, -0.05) is 37.3 Å². The average Bonchev–Trinajstić information content (AvgIpc) is 2.60. The summed E-state index contributed by atoms with van der Waals surface area (Å²) in [5.41, 5.74) is 1.13. The van der Waals surface area contributed by atoms with E-state index in [2.05, 4.69) is 5.32 Å². The van der Waals surface area contributed by atoms with Gasteiger partial charge in [-0.05, 0) is 31.4 Å². The second-order valence-corrected chi connectivity index (χ2v) is 7.02. The van der Waals surface area contributed by atoms with Crippen LogP contribution in [0.4, 0.5) is 0 Å². The summed E-state index contributed by atoms with van der Waals surface area (Å²) in [4.78, 5) is 38.5. The minimum absolute atomic E-state index is 0.0272. The number of carbonyl (C=O) groups excluding carboxylic acids is 2. The maximum atomic E-state index is 12.3. The lowest BCUT2D eigenvalue weighted by Crippen LogP contribution is -2.56. The first-order valence-electron chi connectivity index (χ1n) is 9.43. The Labute approximate surface area is 160 Å². The number of benzene rings is 1. The number of carbonyl (C=O) groups is 3. The fourth-order valence-electron chi connectivity index (χ4n) is 3.38. The van der Waals surface area contributed by atoms with E-state index in [0.717, 1.165) is 18.4 Å². The number of rotatable bonds is 10. The molecule has 0 heterocycles. The summed E-state index contributed by atoms with van der Waals surface area (Å²) in [6, 6.07) is 10.1. The van der Waals surface area contributed by atoms with E-state index in [4.69, 9.17) is 5.11 Å². The Bertz CT molecular complexity index is 644. The van der Waals surface area contributed by atoms with E-state index in [-0.39, 0.29) is 37.0 Å². The molecule has 7 heteroatoms. The van der Waals surface area contributed by atoms with Crippen LogP contribution in [0.15, 0.2) is 30.3 Å². The molecule has 2 rings (SSSR count). The standard InChI is InChI=1S/C20H29N3O4/c1-3-22(14-20(26)27)18-11-17(12-18)21-19(25)13-23(15(2)24)10-9-16-7-5-4-6-8-16/h4-8,17-18H,3,9-14H2,1-2H3,(H,21,25)(H,26,27). The van der Waals surface area contributed by atoms with Crippen molar-refractivity contribution in [2.75, 3.05) is 26.2 Å². The number of hydrogen-bond donors (Lipinski definition) is 2. The lowest BCUT2D eigenvalue weighted by molar-refractivity contribution is -0.140. The molecule has 1 saturated carbocycles. The number of hydrogen-bond acceptors (Lipinski definition) is 4. The predicted molar refractivity (Wildman–Crippen MR) is 102 cm³/mol. The first kappa shape index (κ1) is 20.9. The Morgan fingerprint density at radius 1 is 1.15 bits per heavy atom. The summed E-state index contributed by atoms with van der Waals surface area (Å²) < 4.78 is 0. The Morgan fingerprint density at radius 3 is 2.37 bits per heavy atom. The summed E-state index contributed by atoms with van der Waals surface area (Å²) in [5.74, 6) is -1.12. The maximum Gasteiger partial charge on any atom is 0.317 e. The molecule has 1 aromatic carbocycles. The molecule has 148 valence electrons. The quantitative estimate of drug-likeness (QED) is 0.640. The maximum absolute atomic E-state index is 12.3. The first-order valence-corrected chi connectivity index (χ1v) is 9.43. The number of likely N-dealkylation sites (N-methyl/N-ethyl adjacent to an activating group) is 1. The molecule has 0 unspecified atom stereocenters. The van der Waals surface area contributed by atoms with Crippen molar-refractivity contribution < 1.29 is 19.5 Å². The number of amides is 2. The Morgan fingerprint density at radius 2 is 1.81 bits per heavy atom. The highest BCUT2D eigenvalue weighted by Crippen LogP contribution is 2.25. The van der Waals surface area contributed by atoms with E-state index in [1.807, 2.05) is 42.2 Å². The smallest absolute Gasteiger partial charge is 0.317 e. The molecule has 0 aliphatic heterocycles. The van der Waals surface area contributed by atoms with Gasteiger partial charge in [0.15, 0.2) is 0 Å². The number of carboxylic acids is 1. The van der Waals surface area contributed by atoms with Gasteiger partial charge in [-0.2, -0.15) is 0 Å². The van der Waals surface area contributed by atoms with Gasteiger partial charge in [-0.25, -0.2) is 0 Å². The summed E-state index contributed by atoms with van der Waals surface area (Å²) in [7, 11) is 0. The molecule has 0 bridgehead atoms. The zero-order chi connectivity index (χ0) is 19.8. The Balaban J connectivity index is 1.75. The summed E-state index contributed by atoms with van der Waals surface area (Å²) in [6.45, 7) is 4.67. The molecule has 7 nitrogen and oxygen atoms in total. The largest absolute Gasteiger partial charge is 0.480 e. The van der Waals surface area contributed by atoms with Crippen LogP contribution in [0.1, 0.15) is 32.3 Å². The van der Waals surface area contributed by atoms with Crippen LogP contribution in [0.5, 0.6) is 0 Å². The third kappa shape index (κ3) is 6.67. The highest BCUT2D eigenvalue weighted by atomic mass is 16.4. The van der Waals surface area contributed by atoms with Crippen LogP contribution < -0.4 is 5.32 Å². The highest BCUT2D eigenvalue weighted by Gasteiger charge is 2.34. The lowest BCUT2D eigenvalue weighted by Gasteiger charge is -2.42. The lowest BCUT2D eigenvalue weighted by atomic mass is 9.85. The van der Waals surface area contributed by atoms with Crippen molar-refractivity contribution in [2.24, 2.45) is 0 Å². The monoisotopic (exact) mass is 375 g/mol. The third-order valence-electron chi connectivity index (χ3n) is 5.03. The molecule has 1 aliphatic rings. The predicted octanol–water partition coefficient (Wildman–Crippen LogP) is 1.13. The van der Waals surface area contributed by atoms with Crippen molar-refractivity contribution in [3.8, 4) is 0 Å². The van der Waals surface area contributed by atoms with Gasteiger partial charge in [0.2, 0.25) is 11.8 Å². The van der Waals surface area contributed by atoms with Crippen molar-refractivity contribution in [1.82, 2.24) is 15.1 Å². The minimum atomic E-state index is -0.833. The molecular formula is C20H29N3O4. The van der Waals surface area contributed by atoms with Crippen LogP contribution >= 0.6 is 0 Å². The topological polar surface area (TPSA) is 90.0 Å². The molecule has 2 N–H and O–H groups in total. The molecule has 0 saturated heterocycles. The molecule has 0 atom stereocenters. The summed E-state index contributed by atoms with van der Waals surface area (Å²) in [5, 5.41) is 11.9. The number of aliphatic carboxylic acids is 1. The van der Waals surface area contributed by atoms with Crippen molar-refractivity contribution in [1.29, 1.82) is 0 Å². The van der Waals surface area contributed by atoms with Crippen molar-refractivity contribution in [3.05, 3.63) is 35.9 Å². The molecule has 1 fully saturated rings. The summed E-state index contributed by atoms with van der Waals surface area (Å²) >= 11 is 0. The van der Waals surface area contributed by atoms with Gasteiger partial charge in [-0.15, -0.1) is 0 Å². The fraction of sp³-hybridized carbons (Fsp3) is 0.550. The molecular weight excluding hydrogens is 346 g/mol. The molecule has 1 aromatic rings. The van der Waals surface area contributed by atoms with Gasteiger partial charge in [-0.3, -0.25) is 19.3 Å². The first-order chi connectivity index (χ1) is 12.9. The van der Waals surface area contributed by atoms with E-state index in [9.17, 15) is 14.4 Å². The number of nitrogens with zero attached hydrogens (tertiary/aromatic N) is 2. The Kier molecular flexibility index (Phi) is 7.79. The second kappa shape index (κ2) is 10.1. The summed E-state index contributed by atoms with van der Waals surface area (Å²) in [6.07, 6.45) is 2.20. The Hall–Kier alpha value is -2.41. The molecule has 2 amide bonds. The molecule has 0 radical (unpaired) electrons. The van der Waals surface area contributed by atoms with Crippen LogP contribution in [0.2, 0.25) is 0 Å². The van der Waals surface area contributed by atoms with E-state index in [1.54, 1.807) is 4.90 Å². The van der Waals surface area contributed by atoms with Crippen LogP contribution in [-0.4, -0.2) is 71.0 Å². The van der Waals surface area contributed by atoms with Gasteiger partial charge in [0.05, 0.1) is 13.1 Å². The zero-order valence-electron chi connectivity index (χ0n) is 16.1. The van der Waals surface area contributed by atoms with Crippen LogP contribution in [0.25, 0.3) is 0 Å². The highest BCUT2D eigenvalue weighted by molar-refractivity contribution is 5.84. The normalized spacial score (nSPS) is 18.6. The fourth-order valence-corrected chi connectivity index (χ4v) is 3.38. The van der Waals surface area contributed by atoms with Crippen LogP contribution in [-0.2, 0) is 20.8 Å². The second-order valence-electron chi connectivity index (χ2n) is 7.02. The van der Waals surface area contributed by atoms with Gasteiger partial charge >= 0.3 is 5.97 Å². The van der Waals surface area contributed by atoms with E-state index in [1.165, 1.54) is 6.92 Å². The van der Waals surface area contributed by atoms with Gasteiger partial charge in [0.25, 0.3) is 0 Å². The van der Waals surface area contributed by atoms with Gasteiger partial charge in [0.1, 0.15) is 0 Å². The molecule has 0 aromatic heterocycles. The van der Waals surface area contributed by atoms with Gasteiger partial charge < -0.3 is 15.3 Å². The van der Waals surface area contributed by atoms with Crippen LogP contribution in [0, 0.1) is 0 Å². The van der Waals surface area contributed by atoms with Crippen molar-refractivity contribution >= 4 is 17.8 Å². The van der Waals surface area contributed by atoms with Crippen molar-refractivity contribution in [2.45, 2.75) is 45.2 Å². The van der Waals surface area contributed by atoms with E-state index >= 15 is 0 Å². The SMILES string of the molecule is CCN(CC(=O)O)C1CC(NC(=O)CN(CCc2ccccc2)C(C)=O)C1. The molecule has 0 spiro atoms. The molecule has 27 heavy (non-hydrogen) atoms. The number of carboxylic acid groups (broad SMARTS) is 1. The zero-order valence-corrected chi connectivity index (χ0v) is 16.1. The van der Waals surface area contributed by atoms with Crippen LogP contribution in [0.3, 0.4) is 0 Å². The third-order valence-corrected chi connectivity index (χ3v) is 5.03. The van der Waals surface area contributed by atoms with E-state index in [0.29, 0.717) is 19.5 Å². The van der Waals surface area contributed by atoms with Gasteiger partial charge in [0, 0.05) is 25.6 Å². The molecule has 1 aliphatic carbocycles. The minimum Gasteiger partial charge on any atom is -0.480 e. The average molecular weight is 375 g/mol. The van der Waals surface area contributed by atoms with E-state index < -0.39 is 5.97 Å². The van der Waals surface area contributed by atoms with Crippen molar-refractivity contribution in [3.63, 3.8) is 0 Å².